The summed E-state index contributed by atoms with van der Waals surface area (Å²) in [7, 11) is 0. The van der Waals surface area contributed by atoms with Crippen molar-refractivity contribution in [2.75, 3.05) is 18.5 Å². The van der Waals surface area contributed by atoms with Crippen LogP contribution >= 0.6 is 23.2 Å². The molecule has 0 spiro atoms. The maximum Gasteiger partial charge on any atom is 0.344 e. The van der Waals surface area contributed by atoms with Crippen molar-refractivity contribution >= 4 is 40.8 Å². The predicted molar refractivity (Wildman–Crippen MR) is 123 cm³/mol. The zero-order valence-corrected chi connectivity index (χ0v) is 19.3. The summed E-state index contributed by atoms with van der Waals surface area (Å²) in [5, 5.41) is 3.81. The van der Waals surface area contributed by atoms with E-state index in [0.717, 1.165) is 11.1 Å². The summed E-state index contributed by atoms with van der Waals surface area (Å²) in [6.45, 7) is 5.47. The molecule has 0 unspecified atom stereocenters. The molecule has 1 aromatic heterocycles. The van der Waals surface area contributed by atoms with Gasteiger partial charge in [0, 0.05) is 22.5 Å². The van der Waals surface area contributed by atoms with Gasteiger partial charge in [-0.15, -0.1) is 0 Å². The first-order valence-electron chi connectivity index (χ1n) is 9.78. The second kappa shape index (κ2) is 10.4. The number of nitrogens with zero attached hydrogens (tertiary/aromatic N) is 2. The van der Waals surface area contributed by atoms with Gasteiger partial charge in [-0.25, -0.2) is 14.8 Å². The Hall–Kier alpha value is -3.16. The summed E-state index contributed by atoms with van der Waals surface area (Å²) in [5.41, 5.74) is 3.20. The summed E-state index contributed by atoms with van der Waals surface area (Å²) in [4.78, 5) is 32.8. The lowest BCUT2D eigenvalue weighted by Gasteiger charge is -2.14. The number of ether oxygens (including phenoxy) is 2. The number of rotatable bonds is 7. The predicted octanol–water partition coefficient (Wildman–Crippen LogP) is 5.26. The van der Waals surface area contributed by atoms with Gasteiger partial charge in [0.2, 0.25) is 5.82 Å². The Morgan fingerprint density at radius 2 is 1.78 bits per heavy atom. The molecule has 0 aliphatic heterocycles. The minimum Gasteiger partial charge on any atom is -0.482 e. The number of amides is 1. The molecule has 1 N–H and O–H groups in total. The quantitative estimate of drug-likeness (QED) is 0.470. The van der Waals surface area contributed by atoms with Gasteiger partial charge in [0.05, 0.1) is 17.3 Å². The fourth-order valence-electron chi connectivity index (χ4n) is 3.03. The molecule has 1 amide bonds. The number of esters is 1. The highest BCUT2D eigenvalue weighted by molar-refractivity contribution is 6.35. The van der Waals surface area contributed by atoms with Crippen LogP contribution in [0.5, 0.6) is 5.75 Å². The Balaban J connectivity index is 1.79. The Kier molecular flexibility index (Phi) is 7.66. The van der Waals surface area contributed by atoms with Crippen LogP contribution in [0.25, 0.3) is 11.3 Å². The zero-order valence-electron chi connectivity index (χ0n) is 17.7. The molecule has 32 heavy (non-hydrogen) atoms. The van der Waals surface area contributed by atoms with Gasteiger partial charge in [-0.05, 0) is 68.3 Å². The number of aryl methyl sites for hydroxylation is 2. The van der Waals surface area contributed by atoms with Gasteiger partial charge in [-0.1, -0.05) is 23.2 Å². The number of hydrogen-bond donors (Lipinski definition) is 1. The number of aromatic nitrogens is 2. The number of nitrogens with one attached hydrogen (secondary N) is 1. The van der Waals surface area contributed by atoms with Crippen molar-refractivity contribution in [1.29, 1.82) is 0 Å². The van der Waals surface area contributed by atoms with E-state index < -0.39 is 11.9 Å². The summed E-state index contributed by atoms with van der Waals surface area (Å²) >= 11 is 12.3. The topological polar surface area (TPSA) is 90.4 Å². The van der Waals surface area contributed by atoms with E-state index in [0.29, 0.717) is 32.7 Å². The van der Waals surface area contributed by atoms with Gasteiger partial charge >= 0.3 is 5.97 Å². The largest absolute Gasteiger partial charge is 0.482 e. The lowest BCUT2D eigenvalue weighted by Crippen LogP contribution is -2.18. The van der Waals surface area contributed by atoms with Crippen LogP contribution < -0.4 is 10.1 Å². The molecule has 166 valence electrons. The van der Waals surface area contributed by atoms with E-state index in [4.69, 9.17) is 32.7 Å². The molecule has 0 bridgehead atoms. The molecule has 2 aromatic carbocycles. The van der Waals surface area contributed by atoms with Crippen LogP contribution in [0.3, 0.4) is 0 Å². The number of benzene rings is 2. The third-order valence-corrected chi connectivity index (χ3v) is 5.03. The molecule has 0 aliphatic carbocycles. The lowest BCUT2D eigenvalue weighted by molar-refractivity contribution is -0.145. The molecular formula is C23H21Cl2N3O4. The SMILES string of the molecule is CCOC(=O)COc1cc(C)c(NC(=O)c2nccc(-c3cc(Cl)ccc3Cl)n2)c(C)c1. The van der Waals surface area contributed by atoms with Gasteiger partial charge in [-0.2, -0.15) is 0 Å². The van der Waals surface area contributed by atoms with E-state index in [1.165, 1.54) is 6.20 Å². The van der Waals surface area contributed by atoms with Crippen LogP contribution in [0.4, 0.5) is 5.69 Å². The van der Waals surface area contributed by atoms with Crippen LogP contribution in [0.1, 0.15) is 28.7 Å². The summed E-state index contributed by atoms with van der Waals surface area (Å²) in [6, 6.07) is 10.1. The van der Waals surface area contributed by atoms with Gasteiger partial charge in [0.15, 0.2) is 6.61 Å². The van der Waals surface area contributed by atoms with Crippen LogP contribution in [-0.2, 0) is 9.53 Å². The zero-order chi connectivity index (χ0) is 23.3. The number of hydrogen-bond acceptors (Lipinski definition) is 6. The Labute approximate surface area is 195 Å². The normalized spacial score (nSPS) is 10.5. The van der Waals surface area contributed by atoms with Crippen molar-refractivity contribution in [1.82, 2.24) is 9.97 Å². The Bertz CT molecular complexity index is 1140. The average Bonchev–Trinajstić information content (AvgIpc) is 2.76. The third kappa shape index (κ3) is 5.75. The number of carbonyl (C=O) groups excluding carboxylic acids is 2. The lowest BCUT2D eigenvalue weighted by atomic mass is 10.1. The summed E-state index contributed by atoms with van der Waals surface area (Å²) in [5.74, 6) is -0.437. The van der Waals surface area contributed by atoms with E-state index in [2.05, 4.69) is 15.3 Å². The van der Waals surface area contributed by atoms with Crippen LogP contribution in [0.2, 0.25) is 10.0 Å². The second-order valence-corrected chi connectivity index (χ2v) is 7.71. The highest BCUT2D eigenvalue weighted by atomic mass is 35.5. The van der Waals surface area contributed by atoms with Gasteiger partial charge in [-0.3, -0.25) is 4.79 Å². The molecule has 1 heterocycles. The highest BCUT2D eigenvalue weighted by Crippen LogP contribution is 2.30. The molecule has 0 atom stereocenters. The number of carbonyl (C=O) groups is 2. The maximum atomic E-state index is 12.8. The van der Waals surface area contributed by atoms with Crippen molar-refractivity contribution in [3.05, 3.63) is 69.6 Å². The fourth-order valence-corrected chi connectivity index (χ4v) is 3.42. The second-order valence-electron chi connectivity index (χ2n) is 6.87. The minimum atomic E-state index is -0.476. The number of anilines is 1. The average molecular weight is 474 g/mol. The third-order valence-electron chi connectivity index (χ3n) is 4.47. The van der Waals surface area contributed by atoms with Crippen LogP contribution in [-0.4, -0.2) is 35.1 Å². The van der Waals surface area contributed by atoms with E-state index in [-0.39, 0.29) is 19.0 Å². The Morgan fingerprint density at radius 1 is 1.06 bits per heavy atom. The van der Waals surface area contributed by atoms with E-state index in [1.807, 2.05) is 13.8 Å². The molecule has 9 heteroatoms. The molecule has 3 rings (SSSR count). The molecule has 0 saturated heterocycles. The maximum absolute atomic E-state index is 12.8. The van der Waals surface area contributed by atoms with E-state index >= 15 is 0 Å². The number of halogens is 2. The van der Waals surface area contributed by atoms with Crippen molar-refractivity contribution in [3.8, 4) is 17.0 Å². The Morgan fingerprint density at radius 3 is 2.47 bits per heavy atom. The molecule has 0 saturated carbocycles. The van der Waals surface area contributed by atoms with Gasteiger partial charge in [0.25, 0.3) is 5.91 Å². The van der Waals surface area contributed by atoms with Crippen LogP contribution in [0.15, 0.2) is 42.6 Å². The van der Waals surface area contributed by atoms with Crippen LogP contribution in [0, 0.1) is 13.8 Å². The summed E-state index contributed by atoms with van der Waals surface area (Å²) < 4.78 is 10.3. The van der Waals surface area contributed by atoms with Gasteiger partial charge < -0.3 is 14.8 Å². The minimum absolute atomic E-state index is 0.0139. The molecule has 0 radical (unpaired) electrons. The van der Waals surface area contributed by atoms with E-state index in [9.17, 15) is 9.59 Å². The van der Waals surface area contributed by atoms with E-state index in [1.54, 1.807) is 43.3 Å². The molecule has 0 aliphatic rings. The highest BCUT2D eigenvalue weighted by Gasteiger charge is 2.16. The first-order chi connectivity index (χ1) is 15.3. The van der Waals surface area contributed by atoms with Crippen molar-refractivity contribution in [3.63, 3.8) is 0 Å². The van der Waals surface area contributed by atoms with Crippen molar-refractivity contribution in [2.45, 2.75) is 20.8 Å². The fraction of sp³-hybridized carbons (Fsp3) is 0.217. The van der Waals surface area contributed by atoms with Gasteiger partial charge in [0.1, 0.15) is 5.75 Å². The molecule has 0 fully saturated rings. The van der Waals surface area contributed by atoms with Crippen molar-refractivity contribution in [2.24, 2.45) is 0 Å². The first-order valence-corrected chi connectivity index (χ1v) is 10.5. The summed E-state index contributed by atoms with van der Waals surface area (Å²) in [6.07, 6.45) is 1.49. The molecule has 7 nitrogen and oxygen atoms in total. The monoisotopic (exact) mass is 473 g/mol. The smallest absolute Gasteiger partial charge is 0.344 e. The molecular weight excluding hydrogens is 453 g/mol. The first kappa shape index (κ1) is 23.5. The standard InChI is InChI=1S/C23H21Cl2N3O4/c1-4-31-20(29)12-32-16-9-13(2)21(14(3)10-16)28-23(30)22-26-8-7-19(27-22)17-11-15(24)5-6-18(17)25/h5-11H,4,12H2,1-3H3,(H,28,30). The van der Waals surface area contributed by atoms with Crippen molar-refractivity contribution < 1.29 is 19.1 Å². The molecule has 3 aromatic rings.